The van der Waals surface area contributed by atoms with Crippen LogP contribution < -0.4 is 14.8 Å². The number of carbonyl (C=O) groups is 1. The Labute approximate surface area is 115 Å². The highest BCUT2D eigenvalue weighted by atomic mass is 16.5. The molecule has 0 spiro atoms. The van der Waals surface area contributed by atoms with Crippen LogP contribution in [0.25, 0.3) is 0 Å². The van der Waals surface area contributed by atoms with Crippen molar-refractivity contribution in [3.05, 3.63) is 23.8 Å². The number of ketones is 1. The lowest BCUT2D eigenvalue weighted by molar-refractivity contribution is 0.0987. The van der Waals surface area contributed by atoms with Gasteiger partial charge in [-0.2, -0.15) is 0 Å². The average Bonchev–Trinajstić information content (AvgIpc) is 2.42. The molecule has 0 aliphatic heterocycles. The summed E-state index contributed by atoms with van der Waals surface area (Å²) in [6.07, 6.45) is 1.06. The summed E-state index contributed by atoms with van der Waals surface area (Å²) >= 11 is 0. The highest BCUT2D eigenvalue weighted by molar-refractivity contribution is 6.00. The van der Waals surface area contributed by atoms with Gasteiger partial charge in [-0.15, -0.1) is 0 Å². The van der Waals surface area contributed by atoms with Crippen LogP contribution in [0.4, 0.5) is 0 Å². The van der Waals surface area contributed by atoms with Crippen LogP contribution >= 0.6 is 0 Å². The van der Waals surface area contributed by atoms with Crippen LogP contribution in [0.3, 0.4) is 0 Å². The van der Waals surface area contributed by atoms with Crippen LogP contribution in [0.1, 0.15) is 30.6 Å². The van der Waals surface area contributed by atoms with Crippen molar-refractivity contribution < 1.29 is 14.3 Å². The molecule has 1 aromatic rings. The maximum absolute atomic E-state index is 12.1. The molecule has 0 saturated heterocycles. The molecule has 0 aliphatic rings. The predicted molar refractivity (Wildman–Crippen MR) is 76.2 cm³/mol. The summed E-state index contributed by atoms with van der Waals surface area (Å²) in [5.41, 5.74) is 0.555. The van der Waals surface area contributed by atoms with Gasteiger partial charge in [0.15, 0.2) is 5.78 Å². The molecule has 0 aliphatic carbocycles. The van der Waals surface area contributed by atoms with E-state index in [1.54, 1.807) is 32.4 Å². The van der Waals surface area contributed by atoms with Crippen molar-refractivity contribution in [1.29, 1.82) is 0 Å². The molecule has 0 aromatic heterocycles. The standard InChI is InChI=1S/C15H23NO3/c1-11(2)7-8-16-10-14(17)13-9-12(18-3)5-6-15(13)19-4/h5-6,9,11,16H,7-8,10H2,1-4H3. The lowest BCUT2D eigenvalue weighted by Crippen LogP contribution is -2.25. The topological polar surface area (TPSA) is 47.6 Å². The quantitative estimate of drug-likeness (QED) is 0.579. The summed E-state index contributed by atoms with van der Waals surface area (Å²) in [6, 6.07) is 5.24. The van der Waals surface area contributed by atoms with Crippen molar-refractivity contribution >= 4 is 5.78 Å². The van der Waals surface area contributed by atoms with E-state index in [4.69, 9.17) is 9.47 Å². The van der Waals surface area contributed by atoms with E-state index in [2.05, 4.69) is 19.2 Å². The normalized spacial score (nSPS) is 10.6. The number of rotatable bonds is 8. The molecule has 0 heterocycles. The first-order valence-corrected chi connectivity index (χ1v) is 6.54. The fourth-order valence-electron chi connectivity index (χ4n) is 1.72. The monoisotopic (exact) mass is 265 g/mol. The number of methoxy groups -OCH3 is 2. The van der Waals surface area contributed by atoms with Crippen LogP contribution in [0.15, 0.2) is 18.2 Å². The van der Waals surface area contributed by atoms with E-state index in [1.165, 1.54) is 0 Å². The Morgan fingerprint density at radius 1 is 1.26 bits per heavy atom. The Kier molecular flexibility index (Phi) is 6.36. The van der Waals surface area contributed by atoms with Crippen LogP contribution in [-0.2, 0) is 0 Å². The predicted octanol–water partition coefficient (Wildman–Crippen LogP) is 2.52. The number of nitrogens with one attached hydrogen (secondary N) is 1. The molecular formula is C15H23NO3. The Bertz CT molecular complexity index is 416. The summed E-state index contributed by atoms with van der Waals surface area (Å²) in [6.45, 7) is 5.48. The van der Waals surface area contributed by atoms with E-state index < -0.39 is 0 Å². The van der Waals surface area contributed by atoms with Gasteiger partial charge < -0.3 is 14.8 Å². The van der Waals surface area contributed by atoms with Crippen LogP contribution in [0.2, 0.25) is 0 Å². The second-order valence-electron chi connectivity index (χ2n) is 4.85. The molecule has 19 heavy (non-hydrogen) atoms. The minimum atomic E-state index is 0.0134. The second-order valence-corrected chi connectivity index (χ2v) is 4.85. The third-order valence-corrected chi connectivity index (χ3v) is 2.89. The van der Waals surface area contributed by atoms with Gasteiger partial charge in [-0.1, -0.05) is 13.8 Å². The van der Waals surface area contributed by atoms with E-state index in [9.17, 15) is 4.79 Å². The maximum Gasteiger partial charge on any atom is 0.180 e. The third kappa shape index (κ3) is 4.91. The van der Waals surface area contributed by atoms with E-state index in [1.807, 2.05) is 0 Å². The zero-order chi connectivity index (χ0) is 14.3. The Hall–Kier alpha value is -1.55. The molecule has 0 radical (unpaired) electrons. The summed E-state index contributed by atoms with van der Waals surface area (Å²) in [7, 11) is 3.14. The molecule has 0 fully saturated rings. The fourth-order valence-corrected chi connectivity index (χ4v) is 1.72. The highest BCUT2D eigenvalue weighted by Crippen LogP contribution is 2.24. The lowest BCUT2D eigenvalue weighted by Gasteiger charge is -2.10. The van der Waals surface area contributed by atoms with Gasteiger partial charge in [0.2, 0.25) is 0 Å². The minimum absolute atomic E-state index is 0.0134. The van der Waals surface area contributed by atoms with Crippen LogP contribution in [0, 0.1) is 5.92 Å². The van der Waals surface area contributed by atoms with Crippen LogP contribution in [0.5, 0.6) is 11.5 Å². The zero-order valence-corrected chi connectivity index (χ0v) is 12.2. The van der Waals surface area contributed by atoms with Crippen molar-refractivity contribution in [2.24, 2.45) is 5.92 Å². The van der Waals surface area contributed by atoms with Gasteiger partial charge >= 0.3 is 0 Å². The number of Topliss-reactive ketones (excluding diaryl/α,β-unsaturated/α-hetero) is 1. The number of carbonyl (C=O) groups excluding carboxylic acids is 1. The Balaban J connectivity index is 2.64. The molecule has 4 heteroatoms. The number of hydrogen-bond acceptors (Lipinski definition) is 4. The van der Waals surface area contributed by atoms with E-state index >= 15 is 0 Å². The minimum Gasteiger partial charge on any atom is -0.497 e. The number of hydrogen-bond donors (Lipinski definition) is 1. The van der Waals surface area contributed by atoms with E-state index in [0.717, 1.165) is 13.0 Å². The Morgan fingerprint density at radius 2 is 2.00 bits per heavy atom. The fraction of sp³-hybridized carbons (Fsp3) is 0.533. The number of ether oxygens (including phenoxy) is 2. The molecule has 0 bridgehead atoms. The SMILES string of the molecule is COc1ccc(OC)c(C(=O)CNCCC(C)C)c1. The van der Waals surface area contributed by atoms with E-state index in [-0.39, 0.29) is 5.78 Å². The molecule has 1 N–H and O–H groups in total. The number of benzene rings is 1. The average molecular weight is 265 g/mol. The van der Waals surface area contributed by atoms with Gasteiger partial charge in [0.05, 0.1) is 26.3 Å². The smallest absolute Gasteiger partial charge is 0.180 e. The molecule has 0 atom stereocenters. The summed E-state index contributed by atoms with van der Waals surface area (Å²) in [5.74, 6) is 1.89. The molecule has 0 unspecified atom stereocenters. The first kappa shape index (κ1) is 15.5. The van der Waals surface area contributed by atoms with Crippen molar-refractivity contribution in [2.75, 3.05) is 27.3 Å². The summed E-state index contributed by atoms with van der Waals surface area (Å²) < 4.78 is 10.3. The molecule has 0 amide bonds. The van der Waals surface area contributed by atoms with Gasteiger partial charge in [-0.25, -0.2) is 0 Å². The van der Waals surface area contributed by atoms with Gasteiger partial charge in [0, 0.05) is 0 Å². The second kappa shape index (κ2) is 7.79. The summed E-state index contributed by atoms with van der Waals surface area (Å²) in [4.78, 5) is 12.1. The first-order valence-electron chi connectivity index (χ1n) is 6.54. The van der Waals surface area contributed by atoms with Crippen molar-refractivity contribution in [3.8, 4) is 11.5 Å². The van der Waals surface area contributed by atoms with Crippen molar-refractivity contribution in [2.45, 2.75) is 20.3 Å². The van der Waals surface area contributed by atoms with Crippen LogP contribution in [-0.4, -0.2) is 33.1 Å². The van der Waals surface area contributed by atoms with Crippen molar-refractivity contribution in [3.63, 3.8) is 0 Å². The highest BCUT2D eigenvalue weighted by Gasteiger charge is 2.13. The molecule has 4 nitrogen and oxygen atoms in total. The largest absolute Gasteiger partial charge is 0.497 e. The Morgan fingerprint density at radius 3 is 2.58 bits per heavy atom. The van der Waals surface area contributed by atoms with Gasteiger partial charge in [0.25, 0.3) is 0 Å². The van der Waals surface area contributed by atoms with Gasteiger partial charge in [-0.3, -0.25) is 4.79 Å². The molecule has 106 valence electrons. The van der Waals surface area contributed by atoms with E-state index in [0.29, 0.717) is 29.5 Å². The van der Waals surface area contributed by atoms with Crippen molar-refractivity contribution in [1.82, 2.24) is 5.32 Å². The maximum atomic E-state index is 12.1. The van der Waals surface area contributed by atoms with Gasteiger partial charge in [-0.05, 0) is 37.1 Å². The molecule has 0 saturated carbocycles. The lowest BCUT2D eigenvalue weighted by atomic mass is 10.1. The molecular weight excluding hydrogens is 242 g/mol. The third-order valence-electron chi connectivity index (χ3n) is 2.89. The molecule has 1 rings (SSSR count). The van der Waals surface area contributed by atoms with Gasteiger partial charge in [0.1, 0.15) is 11.5 Å². The molecule has 1 aromatic carbocycles. The first-order chi connectivity index (χ1) is 9.08. The summed E-state index contributed by atoms with van der Waals surface area (Å²) in [5, 5.41) is 3.16. The zero-order valence-electron chi connectivity index (χ0n) is 12.2.